The Bertz CT molecular complexity index is 2550. The molecule has 0 atom stereocenters. The molecule has 92 heavy (non-hydrogen) atoms. The fourth-order valence-corrected chi connectivity index (χ4v) is 38.7. The predicted octanol–water partition coefficient (Wildman–Crippen LogP) is 22.9. The highest BCUT2D eigenvalue weighted by Gasteiger charge is 2.46. The van der Waals surface area contributed by atoms with Crippen LogP contribution < -0.4 is 0 Å². The minimum atomic E-state index is -3.11. The van der Waals surface area contributed by atoms with Crippen LogP contribution in [0.25, 0.3) is 0 Å². The van der Waals surface area contributed by atoms with Crippen LogP contribution in [0, 0.1) is 104 Å². The molecule has 0 saturated heterocycles. The Kier molecular flexibility index (Phi) is 53.7. The van der Waals surface area contributed by atoms with Gasteiger partial charge >= 0.3 is 29.6 Å². The van der Waals surface area contributed by atoms with Gasteiger partial charge in [0.1, 0.15) is 24.2 Å². The number of rotatable bonds is 31. The molecule has 0 unspecified atom stereocenters. The van der Waals surface area contributed by atoms with Gasteiger partial charge < -0.3 is 26.6 Å². The minimum Gasteiger partial charge on any atom is -0.364 e. The van der Waals surface area contributed by atoms with Crippen molar-refractivity contribution in [2.24, 2.45) is 0 Å². The standard InChI is InChI=1S/2C21H36O3Si2.C15H33Cl3Si2.C15H21Cl3Si2/c1-10-25(11-2,12-3)17-15-13-14-16-18-26(22-19(4)5,23-20(6)7)24-21(8)9;1-10-22-26(23-11-2,24-12-3)18-16-14-13-15-17-25(19(4)5,20(6)7)21(8)9;2*1-13(2)19(14(3)4,15(5)6)11-9-7-8-10-12-20(16,17)18/h2*19-21H,10-12H2,1-9H3;13-15H,7-12H2,1-6H3;13-15H,1-6H3. The summed E-state index contributed by atoms with van der Waals surface area (Å²) in [6, 6.07) is 0.514. The third-order valence-corrected chi connectivity index (χ3v) is 51.1. The Morgan fingerprint density at radius 2 is 0.543 bits per heavy atom. The zero-order valence-electron chi connectivity index (χ0n) is 63.1. The van der Waals surface area contributed by atoms with Crippen molar-refractivity contribution in [2.75, 3.05) is 19.8 Å². The second kappa shape index (κ2) is 50.6. The maximum atomic E-state index is 6.00. The molecule has 0 fully saturated rings. The van der Waals surface area contributed by atoms with Gasteiger partial charge in [0.2, 0.25) is 0 Å². The molecule has 20 heteroatoms. The highest BCUT2D eigenvalue weighted by molar-refractivity contribution is 7.68. The molecule has 0 saturated carbocycles. The maximum Gasteiger partial charge on any atom is 0.593 e. The van der Waals surface area contributed by atoms with Crippen molar-refractivity contribution >= 4 is 128 Å². The van der Waals surface area contributed by atoms with E-state index in [1.54, 1.807) is 0 Å². The van der Waals surface area contributed by atoms with Gasteiger partial charge in [0.25, 0.3) is 0 Å². The summed E-state index contributed by atoms with van der Waals surface area (Å²) >= 11 is 34.7. The van der Waals surface area contributed by atoms with Crippen LogP contribution in [0.3, 0.4) is 0 Å². The molecule has 0 rings (SSSR count). The van der Waals surface area contributed by atoms with Crippen molar-refractivity contribution in [2.45, 2.75) is 332 Å². The van der Waals surface area contributed by atoms with Gasteiger partial charge in [-0.3, -0.25) is 0 Å². The Morgan fingerprint density at radius 3 is 0.783 bits per heavy atom. The molecule has 0 heterocycles. The summed E-state index contributed by atoms with van der Waals surface area (Å²) in [6.45, 7) is 67.7. The predicted molar refractivity (Wildman–Crippen MR) is 430 cm³/mol. The number of unbranched alkanes of at least 4 members (excludes halogenated alkanes) is 3. The van der Waals surface area contributed by atoms with Gasteiger partial charge in [-0.25, -0.2) is 0 Å². The number of hydrogen-bond acceptors (Lipinski definition) is 6. The summed E-state index contributed by atoms with van der Waals surface area (Å²) in [4.78, 5) is 0. The van der Waals surface area contributed by atoms with E-state index in [1.165, 1.54) is 43.4 Å². The Labute approximate surface area is 605 Å². The highest BCUT2D eigenvalue weighted by atomic mass is 35.8. The van der Waals surface area contributed by atoms with E-state index in [1.807, 2.05) is 62.3 Å². The first-order valence-electron chi connectivity index (χ1n) is 34.1. The molecule has 0 aromatic carbocycles. The molecule has 0 N–H and O–H groups in total. The monoisotopic (exact) mass is 1520 g/mol. The second-order valence-corrected chi connectivity index (χ2v) is 70.8. The fraction of sp³-hybridized carbons (Fsp3) is 0.750. The lowest BCUT2D eigenvalue weighted by atomic mass is 10.2. The first-order chi connectivity index (χ1) is 42.4. The normalized spacial score (nSPS) is 12.0. The molecule has 6 nitrogen and oxygen atoms in total. The van der Waals surface area contributed by atoms with E-state index in [2.05, 4.69) is 250 Å². The molecule has 0 aliphatic heterocycles. The average molecular weight is 1530 g/mol. The molecule has 0 radical (unpaired) electrons. The molecule has 0 bridgehead atoms. The van der Waals surface area contributed by atoms with Gasteiger partial charge in [-0.2, -0.15) is 0 Å². The van der Waals surface area contributed by atoms with Gasteiger partial charge in [-0.15, -0.1) is 83.1 Å². The van der Waals surface area contributed by atoms with Crippen molar-refractivity contribution in [1.29, 1.82) is 0 Å². The van der Waals surface area contributed by atoms with Crippen molar-refractivity contribution in [1.82, 2.24) is 0 Å². The summed E-state index contributed by atoms with van der Waals surface area (Å²) in [5.41, 5.74) is 25.3. The topological polar surface area (TPSA) is 55.4 Å². The fourth-order valence-electron chi connectivity index (χ4n) is 12.7. The Balaban J connectivity index is -0.000000566. The van der Waals surface area contributed by atoms with E-state index in [4.69, 9.17) is 93.0 Å². The first-order valence-corrected chi connectivity index (χ1v) is 57.4. The molecular weight excluding hydrogens is 1400 g/mol. The summed E-state index contributed by atoms with van der Waals surface area (Å²) in [5, 5.41) is 0. The van der Waals surface area contributed by atoms with Crippen LogP contribution in [0.15, 0.2) is 0 Å². The molecular formula is C72H126Cl6O6Si8. The minimum absolute atomic E-state index is 0.0357. The quantitative estimate of drug-likeness (QED) is 0.0298. The molecule has 0 aromatic heterocycles. The molecule has 0 spiro atoms. The van der Waals surface area contributed by atoms with Crippen molar-refractivity contribution in [3.63, 3.8) is 0 Å². The van der Waals surface area contributed by atoms with Crippen LogP contribution in [0.1, 0.15) is 233 Å². The summed E-state index contributed by atoms with van der Waals surface area (Å²) in [6.07, 6.45) is 4.87. The van der Waals surface area contributed by atoms with E-state index < -0.39 is 61.9 Å². The van der Waals surface area contributed by atoms with Crippen LogP contribution in [0.4, 0.5) is 0 Å². The van der Waals surface area contributed by atoms with E-state index in [0.29, 0.717) is 53.1 Å². The van der Waals surface area contributed by atoms with Gasteiger partial charge in [0, 0.05) is 38.1 Å². The largest absolute Gasteiger partial charge is 0.593 e. The highest BCUT2D eigenvalue weighted by Crippen LogP contribution is 2.46. The summed E-state index contributed by atoms with van der Waals surface area (Å²) in [7, 11) is -12.2. The van der Waals surface area contributed by atoms with Crippen molar-refractivity contribution in [3.8, 4) is 104 Å². The van der Waals surface area contributed by atoms with E-state index >= 15 is 0 Å². The van der Waals surface area contributed by atoms with Crippen LogP contribution >= 0.6 is 66.5 Å². The number of hydrogen-bond donors (Lipinski definition) is 0. The summed E-state index contributed by atoms with van der Waals surface area (Å²) in [5.74, 6) is 34.3. The van der Waals surface area contributed by atoms with Gasteiger partial charge in [-0.05, 0) is 202 Å². The summed E-state index contributed by atoms with van der Waals surface area (Å²) < 4.78 is 35.1. The smallest absolute Gasteiger partial charge is 0.364 e. The zero-order valence-corrected chi connectivity index (χ0v) is 75.7. The third-order valence-electron chi connectivity index (χ3n) is 17.1. The number of halogens is 6. The van der Waals surface area contributed by atoms with E-state index in [9.17, 15) is 0 Å². The van der Waals surface area contributed by atoms with Crippen molar-refractivity contribution < 1.29 is 26.6 Å². The van der Waals surface area contributed by atoms with Gasteiger partial charge in [0.05, 0.1) is 8.07 Å². The SMILES string of the molecule is CC(C)[Si](C#CC#CC#C[Si](Cl)(Cl)Cl)(C(C)C)C(C)C.CC(C)[Si](CCCCCC[Si](Cl)(Cl)Cl)(C(C)C)C(C)C.CCO[Si](C#CC#CC#C[Si](C(C)C)(C(C)C)C(C)C)(OCC)OCC.CC[Si](C#CC#CC#C[Si](OC(C)C)(OC(C)C)OC(C)C)(CC)CC. The Hall–Kier alpha value is -0.725. The average Bonchev–Trinajstić information content (AvgIpc) is 0.834. The lowest BCUT2D eigenvalue weighted by Crippen LogP contribution is -2.50. The van der Waals surface area contributed by atoms with Gasteiger partial charge in [-0.1, -0.05) is 199 Å². The van der Waals surface area contributed by atoms with Gasteiger partial charge in [0.15, 0.2) is 0 Å². The molecule has 524 valence electrons. The molecule has 0 aromatic rings. The Morgan fingerprint density at radius 1 is 0.283 bits per heavy atom. The van der Waals surface area contributed by atoms with E-state index in [-0.39, 0.29) is 18.3 Å². The first kappa shape index (κ1) is 97.7. The van der Waals surface area contributed by atoms with Crippen molar-refractivity contribution in [3.05, 3.63) is 0 Å². The zero-order chi connectivity index (χ0) is 72.4. The second-order valence-electron chi connectivity index (χ2n) is 26.9. The third kappa shape index (κ3) is 39.2. The van der Waals surface area contributed by atoms with E-state index in [0.717, 1.165) is 29.1 Å². The lowest BCUT2D eigenvalue weighted by molar-refractivity contribution is 0.0163. The van der Waals surface area contributed by atoms with Crippen LogP contribution in [0.2, 0.25) is 80.1 Å². The molecule has 0 aliphatic carbocycles. The van der Waals surface area contributed by atoms with Crippen LogP contribution in [-0.2, 0) is 26.6 Å². The molecule has 0 amide bonds. The molecule has 0 aliphatic rings. The van der Waals surface area contributed by atoms with Crippen LogP contribution in [-0.4, -0.2) is 100 Å². The lowest BCUT2D eigenvalue weighted by Gasteiger charge is -2.43. The maximum absolute atomic E-state index is 6.00. The van der Waals surface area contributed by atoms with Crippen LogP contribution in [0.5, 0.6) is 0 Å².